The first kappa shape index (κ1) is 26.3. The van der Waals surface area contributed by atoms with Gasteiger partial charge in [-0.15, -0.1) is 0 Å². The van der Waals surface area contributed by atoms with Gasteiger partial charge in [0.25, 0.3) is 0 Å². The van der Waals surface area contributed by atoms with Gasteiger partial charge in [0.05, 0.1) is 17.9 Å². The van der Waals surface area contributed by atoms with Gasteiger partial charge in [-0.3, -0.25) is 9.59 Å². The lowest BCUT2D eigenvalue weighted by atomic mass is 9.63. The Hall–Kier alpha value is -1.95. The molecule has 0 radical (unpaired) electrons. The van der Waals surface area contributed by atoms with Crippen LogP contribution in [0.15, 0.2) is 23.8 Å². The molecule has 0 bridgehead atoms. The number of rotatable bonds is 8. The fraction of sp³-hybridized carbons (Fsp3) is 0.731. The molecule has 0 amide bonds. The van der Waals surface area contributed by atoms with Crippen molar-refractivity contribution in [2.45, 2.75) is 86.0 Å². The smallest absolute Gasteiger partial charge is 0.331 e. The van der Waals surface area contributed by atoms with Crippen LogP contribution in [0.2, 0.25) is 0 Å². The standard InChI is InChI=1S/C26H40O6/c1-9-14(5)11-20(28)31-19-12-18(13(3)4)23-21(16(19)7)25(24(29)22(23)17(8)27)32-26(30)15(6)10-2/h11,13,15,17-19,21-23,25,27H,7,9-10,12H2,1-6,8H3/b14-11+. The molecule has 1 N–H and O–H groups in total. The number of fused-ring (bicyclic) bond motifs is 1. The summed E-state index contributed by atoms with van der Waals surface area (Å²) in [7, 11) is 0. The SMILES string of the molecule is C=C1C(OC(=O)/C=C(\C)CC)CC(C(C)C)C2C(C(C)O)C(=O)C(OC(=O)C(C)CC)C12. The lowest BCUT2D eigenvalue weighted by Crippen LogP contribution is -2.45. The zero-order valence-corrected chi connectivity index (χ0v) is 20.6. The molecule has 2 rings (SSSR count). The van der Waals surface area contributed by atoms with Gasteiger partial charge in [0.2, 0.25) is 0 Å². The van der Waals surface area contributed by atoms with Crippen molar-refractivity contribution in [3.05, 3.63) is 23.8 Å². The Labute approximate surface area is 192 Å². The summed E-state index contributed by atoms with van der Waals surface area (Å²) in [6.07, 6.45) is 0.926. The Bertz CT molecular complexity index is 764. The summed E-state index contributed by atoms with van der Waals surface area (Å²) in [6.45, 7) is 17.5. The van der Waals surface area contributed by atoms with Gasteiger partial charge < -0.3 is 14.6 Å². The van der Waals surface area contributed by atoms with E-state index in [1.165, 1.54) is 6.08 Å². The highest BCUT2D eigenvalue weighted by Gasteiger charge is 2.60. The van der Waals surface area contributed by atoms with Crippen molar-refractivity contribution in [2.75, 3.05) is 0 Å². The topological polar surface area (TPSA) is 89.9 Å². The van der Waals surface area contributed by atoms with Crippen LogP contribution in [0.3, 0.4) is 0 Å². The summed E-state index contributed by atoms with van der Waals surface area (Å²) in [4.78, 5) is 38.5. The van der Waals surface area contributed by atoms with Crippen LogP contribution in [-0.2, 0) is 23.9 Å². The van der Waals surface area contributed by atoms with Gasteiger partial charge in [-0.25, -0.2) is 4.79 Å². The second-order valence-corrected chi connectivity index (χ2v) is 9.93. The fourth-order valence-electron chi connectivity index (χ4n) is 5.14. The quantitative estimate of drug-likeness (QED) is 0.339. The Morgan fingerprint density at radius 3 is 2.31 bits per heavy atom. The molecule has 2 fully saturated rings. The Balaban J connectivity index is 2.44. The van der Waals surface area contributed by atoms with E-state index in [2.05, 4.69) is 20.4 Å². The molecule has 0 spiro atoms. The van der Waals surface area contributed by atoms with E-state index in [1.54, 1.807) is 13.8 Å². The predicted molar refractivity (Wildman–Crippen MR) is 123 cm³/mol. The van der Waals surface area contributed by atoms with Crippen LogP contribution in [-0.4, -0.2) is 41.1 Å². The van der Waals surface area contributed by atoms with Crippen molar-refractivity contribution in [3.8, 4) is 0 Å². The highest BCUT2D eigenvalue weighted by molar-refractivity contribution is 5.92. The van der Waals surface area contributed by atoms with E-state index in [-0.39, 0.29) is 29.5 Å². The first-order valence-corrected chi connectivity index (χ1v) is 11.9. The van der Waals surface area contributed by atoms with Crippen LogP contribution < -0.4 is 0 Å². The number of ether oxygens (including phenoxy) is 2. The maximum atomic E-state index is 13.4. The maximum Gasteiger partial charge on any atom is 0.331 e. The minimum Gasteiger partial charge on any atom is -0.455 e. The van der Waals surface area contributed by atoms with Crippen molar-refractivity contribution in [3.63, 3.8) is 0 Å². The molecule has 0 aliphatic heterocycles. The Kier molecular flexibility index (Phi) is 8.86. The molecule has 32 heavy (non-hydrogen) atoms. The number of aliphatic hydroxyl groups excluding tert-OH is 1. The molecule has 2 aliphatic rings. The number of carbonyl (C=O) groups excluding carboxylic acids is 3. The summed E-state index contributed by atoms with van der Waals surface area (Å²) in [5.41, 5.74) is 1.52. The lowest BCUT2D eigenvalue weighted by molar-refractivity contribution is -0.161. The molecule has 2 aliphatic carbocycles. The average molecular weight is 449 g/mol. The summed E-state index contributed by atoms with van der Waals surface area (Å²) < 4.78 is 11.5. The first-order valence-electron chi connectivity index (χ1n) is 11.9. The van der Waals surface area contributed by atoms with Gasteiger partial charge in [0, 0.05) is 12.0 Å². The molecule has 0 saturated heterocycles. The minimum absolute atomic E-state index is 0.00963. The van der Waals surface area contributed by atoms with Gasteiger partial charge in [-0.1, -0.05) is 46.8 Å². The third-order valence-electron chi connectivity index (χ3n) is 7.40. The molecule has 8 unspecified atom stereocenters. The Morgan fingerprint density at radius 1 is 1.19 bits per heavy atom. The molecule has 0 heterocycles. The lowest BCUT2D eigenvalue weighted by Gasteiger charge is -2.44. The zero-order chi connectivity index (χ0) is 24.3. The second-order valence-electron chi connectivity index (χ2n) is 9.93. The van der Waals surface area contributed by atoms with E-state index in [1.807, 2.05) is 20.8 Å². The molecule has 0 aromatic carbocycles. The van der Waals surface area contributed by atoms with Crippen molar-refractivity contribution >= 4 is 17.7 Å². The number of ketones is 1. The van der Waals surface area contributed by atoms with Crippen LogP contribution in [0.1, 0.15) is 67.7 Å². The summed E-state index contributed by atoms with van der Waals surface area (Å²) >= 11 is 0. The third kappa shape index (κ3) is 5.33. The molecule has 8 atom stereocenters. The van der Waals surface area contributed by atoms with E-state index >= 15 is 0 Å². The van der Waals surface area contributed by atoms with Gasteiger partial charge in [0.15, 0.2) is 11.9 Å². The van der Waals surface area contributed by atoms with Crippen molar-refractivity contribution < 1.29 is 29.0 Å². The van der Waals surface area contributed by atoms with Gasteiger partial charge in [-0.05, 0) is 56.4 Å². The molecule has 6 heteroatoms. The molecule has 6 nitrogen and oxygen atoms in total. The van der Waals surface area contributed by atoms with Crippen molar-refractivity contribution in [2.24, 2.45) is 35.5 Å². The van der Waals surface area contributed by atoms with E-state index in [4.69, 9.17) is 9.47 Å². The molecule has 0 aromatic heterocycles. The zero-order valence-electron chi connectivity index (χ0n) is 20.6. The molecular weight excluding hydrogens is 408 g/mol. The van der Waals surface area contributed by atoms with E-state index < -0.39 is 42.1 Å². The maximum absolute atomic E-state index is 13.4. The third-order valence-corrected chi connectivity index (χ3v) is 7.40. The monoisotopic (exact) mass is 448 g/mol. The van der Waals surface area contributed by atoms with Crippen LogP contribution in [0, 0.1) is 35.5 Å². The first-order chi connectivity index (χ1) is 14.9. The Morgan fingerprint density at radius 2 is 1.81 bits per heavy atom. The fourth-order valence-corrected chi connectivity index (χ4v) is 5.14. The van der Waals surface area contributed by atoms with Gasteiger partial charge in [-0.2, -0.15) is 0 Å². The molecule has 0 aromatic rings. The molecular formula is C26H40O6. The van der Waals surface area contributed by atoms with E-state index in [9.17, 15) is 19.5 Å². The number of esters is 2. The summed E-state index contributed by atoms with van der Waals surface area (Å²) in [5.74, 6) is -2.59. The normalized spacial score (nSPS) is 32.5. The van der Waals surface area contributed by atoms with Crippen molar-refractivity contribution in [1.29, 1.82) is 0 Å². The summed E-state index contributed by atoms with van der Waals surface area (Å²) in [6, 6.07) is 0. The number of Topliss-reactive ketones (excluding diaryl/α,β-unsaturated/α-hetero) is 1. The van der Waals surface area contributed by atoms with Crippen LogP contribution >= 0.6 is 0 Å². The van der Waals surface area contributed by atoms with Crippen LogP contribution in [0.4, 0.5) is 0 Å². The molecule has 2 saturated carbocycles. The molecule has 180 valence electrons. The highest BCUT2D eigenvalue weighted by Crippen LogP contribution is 2.54. The van der Waals surface area contributed by atoms with Crippen LogP contribution in [0.5, 0.6) is 0 Å². The minimum atomic E-state index is -1.01. The van der Waals surface area contributed by atoms with Gasteiger partial charge >= 0.3 is 11.9 Å². The second kappa shape index (κ2) is 10.8. The van der Waals surface area contributed by atoms with E-state index in [0.29, 0.717) is 18.4 Å². The number of allylic oxidation sites excluding steroid dienone is 1. The highest BCUT2D eigenvalue weighted by atomic mass is 16.6. The van der Waals surface area contributed by atoms with Crippen LogP contribution in [0.25, 0.3) is 0 Å². The number of hydrogen-bond acceptors (Lipinski definition) is 6. The summed E-state index contributed by atoms with van der Waals surface area (Å²) in [5, 5.41) is 10.5. The predicted octanol–water partition coefficient (Wildman–Crippen LogP) is 4.26. The van der Waals surface area contributed by atoms with Gasteiger partial charge in [0.1, 0.15) is 6.10 Å². The van der Waals surface area contributed by atoms with E-state index in [0.717, 1.165) is 12.0 Å². The largest absolute Gasteiger partial charge is 0.455 e. The van der Waals surface area contributed by atoms with Crippen molar-refractivity contribution in [1.82, 2.24) is 0 Å². The average Bonchev–Trinajstić information content (AvgIpc) is 3.01. The number of aliphatic hydroxyl groups is 1. The number of carbonyl (C=O) groups is 3. The number of hydrogen-bond donors (Lipinski definition) is 1.